The van der Waals surface area contributed by atoms with Gasteiger partial charge in [0.1, 0.15) is 0 Å². The number of imide groups is 1. The van der Waals surface area contributed by atoms with Gasteiger partial charge in [0.15, 0.2) is 5.96 Å². The summed E-state index contributed by atoms with van der Waals surface area (Å²) in [4.78, 5) is 33.8. The van der Waals surface area contributed by atoms with E-state index < -0.39 is 0 Å². The lowest BCUT2D eigenvalue weighted by Crippen LogP contribution is -2.43. The Morgan fingerprint density at radius 2 is 1.73 bits per heavy atom. The molecule has 0 radical (unpaired) electrons. The standard InChI is InChI=1S/C23H37N5O2/c1-3-10-27-12-7-16(8-13-27)15-26-23(24-2)25-9-4-11-28-21(29)19-17-5-6-18(14-17)20(19)22(28)30/h5-6,16-20H,3-4,7-15H2,1-2H3,(H2,24,25,26). The number of hydrogen-bond donors (Lipinski definition) is 2. The van der Waals surface area contributed by atoms with Gasteiger partial charge in [-0.25, -0.2) is 0 Å². The average molecular weight is 416 g/mol. The van der Waals surface area contributed by atoms with Gasteiger partial charge < -0.3 is 15.5 Å². The Kier molecular flexibility index (Phi) is 6.76. The van der Waals surface area contributed by atoms with E-state index in [0.717, 1.165) is 25.3 Å². The van der Waals surface area contributed by atoms with Crippen LogP contribution in [0, 0.1) is 29.6 Å². The van der Waals surface area contributed by atoms with Crippen molar-refractivity contribution in [3.63, 3.8) is 0 Å². The number of nitrogens with zero attached hydrogens (tertiary/aromatic N) is 3. The predicted molar refractivity (Wildman–Crippen MR) is 118 cm³/mol. The first-order valence-corrected chi connectivity index (χ1v) is 11.8. The van der Waals surface area contributed by atoms with Crippen molar-refractivity contribution in [1.29, 1.82) is 0 Å². The van der Waals surface area contributed by atoms with Crippen molar-refractivity contribution in [1.82, 2.24) is 20.4 Å². The second kappa shape index (κ2) is 9.50. The number of piperidine rings is 1. The molecule has 7 nitrogen and oxygen atoms in total. The Bertz CT molecular complexity index is 668. The normalized spacial score (nSPS) is 31.7. The van der Waals surface area contributed by atoms with Crippen LogP contribution >= 0.6 is 0 Å². The van der Waals surface area contributed by atoms with E-state index in [1.165, 1.54) is 43.8 Å². The molecule has 4 unspecified atom stereocenters. The number of allylic oxidation sites excluding steroid dienone is 2. The molecule has 4 rings (SSSR count). The summed E-state index contributed by atoms with van der Waals surface area (Å²) in [6.07, 6.45) is 9.73. The SMILES string of the molecule is CCCN1CCC(CNC(=NC)NCCCN2C(=O)C3C4C=CC(C4)C3C2=O)CC1. The molecule has 4 atom stereocenters. The monoisotopic (exact) mass is 415 g/mol. The molecule has 7 heteroatoms. The molecule has 166 valence electrons. The molecule has 2 aliphatic carbocycles. The van der Waals surface area contributed by atoms with Gasteiger partial charge in [-0.15, -0.1) is 0 Å². The highest BCUT2D eigenvalue weighted by molar-refractivity contribution is 6.06. The summed E-state index contributed by atoms with van der Waals surface area (Å²) in [5.74, 6) is 2.02. The van der Waals surface area contributed by atoms with Crippen molar-refractivity contribution in [2.24, 2.45) is 34.6 Å². The Morgan fingerprint density at radius 1 is 1.07 bits per heavy atom. The molecule has 2 aliphatic heterocycles. The summed E-state index contributed by atoms with van der Waals surface area (Å²) in [6, 6.07) is 0. The number of fused-ring (bicyclic) bond motifs is 5. The van der Waals surface area contributed by atoms with Gasteiger partial charge in [-0.1, -0.05) is 19.1 Å². The van der Waals surface area contributed by atoms with Crippen LogP contribution in [0.3, 0.4) is 0 Å². The summed E-state index contributed by atoms with van der Waals surface area (Å²) in [7, 11) is 1.79. The van der Waals surface area contributed by atoms with Gasteiger partial charge >= 0.3 is 0 Å². The summed E-state index contributed by atoms with van der Waals surface area (Å²) >= 11 is 0. The number of rotatable bonds is 8. The zero-order valence-electron chi connectivity index (χ0n) is 18.5. The van der Waals surface area contributed by atoms with Crippen molar-refractivity contribution >= 4 is 17.8 Å². The zero-order valence-corrected chi connectivity index (χ0v) is 18.5. The molecule has 0 aromatic carbocycles. The summed E-state index contributed by atoms with van der Waals surface area (Å²) < 4.78 is 0. The molecule has 2 amide bonds. The smallest absolute Gasteiger partial charge is 0.233 e. The number of carbonyl (C=O) groups excluding carboxylic acids is 2. The minimum absolute atomic E-state index is 0.0544. The number of guanidine groups is 1. The molecule has 2 N–H and O–H groups in total. The van der Waals surface area contributed by atoms with Crippen LogP contribution in [0.5, 0.6) is 0 Å². The van der Waals surface area contributed by atoms with Crippen molar-refractivity contribution < 1.29 is 9.59 Å². The topological polar surface area (TPSA) is 77.0 Å². The molecule has 3 fully saturated rings. The van der Waals surface area contributed by atoms with Crippen LogP contribution in [0.4, 0.5) is 0 Å². The third-order valence-electron chi connectivity index (χ3n) is 7.44. The van der Waals surface area contributed by atoms with Gasteiger partial charge in [-0.05, 0) is 69.5 Å². The van der Waals surface area contributed by atoms with Gasteiger partial charge in [-0.2, -0.15) is 0 Å². The fraction of sp³-hybridized carbons (Fsp3) is 0.783. The molecule has 2 saturated heterocycles. The van der Waals surface area contributed by atoms with E-state index >= 15 is 0 Å². The maximum absolute atomic E-state index is 12.7. The number of carbonyl (C=O) groups is 2. The van der Waals surface area contributed by atoms with E-state index in [1.807, 2.05) is 0 Å². The Labute approximate surface area is 180 Å². The van der Waals surface area contributed by atoms with E-state index in [2.05, 4.69) is 39.6 Å². The van der Waals surface area contributed by atoms with Gasteiger partial charge in [0.25, 0.3) is 0 Å². The highest BCUT2D eigenvalue weighted by Crippen LogP contribution is 2.52. The first kappa shape index (κ1) is 21.3. The lowest BCUT2D eigenvalue weighted by Gasteiger charge is -2.32. The van der Waals surface area contributed by atoms with E-state index in [0.29, 0.717) is 19.0 Å². The van der Waals surface area contributed by atoms with Crippen molar-refractivity contribution in [3.8, 4) is 0 Å². The van der Waals surface area contributed by atoms with Crippen LogP contribution in [-0.4, -0.2) is 73.9 Å². The van der Waals surface area contributed by atoms with E-state index in [1.54, 1.807) is 7.05 Å². The Morgan fingerprint density at radius 3 is 2.33 bits per heavy atom. The van der Waals surface area contributed by atoms with E-state index in [9.17, 15) is 9.59 Å². The lowest BCUT2D eigenvalue weighted by atomic mass is 9.85. The van der Waals surface area contributed by atoms with Crippen LogP contribution in [0.2, 0.25) is 0 Å². The van der Waals surface area contributed by atoms with Crippen LogP contribution in [0.15, 0.2) is 17.1 Å². The van der Waals surface area contributed by atoms with Crippen LogP contribution < -0.4 is 10.6 Å². The van der Waals surface area contributed by atoms with E-state index in [4.69, 9.17) is 0 Å². The summed E-state index contributed by atoms with van der Waals surface area (Å²) in [6.45, 7) is 8.00. The predicted octanol–water partition coefficient (Wildman–Crippen LogP) is 1.47. The molecule has 2 bridgehead atoms. The van der Waals surface area contributed by atoms with Gasteiger partial charge in [0.2, 0.25) is 11.8 Å². The molecule has 0 aromatic rings. The van der Waals surface area contributed by atoms with Crippen LogP contribution in [0.1, 0.15) is 39.0 Å². The fourth-order valence-corrected chi connectivity index (χ4v) is 5.82. The minimum Gasteiger partial charge on any atom is -0.356 e. The van der Waals surface area contributed by atoms with Crippen molar-refractivity contribution in [2.75, 3.05) is 46.3 Å². The fourth-order valence-electron chi connectivity index (χ4n) is 5.82. The maximum atomic E-state index is 12.7. The Hall–Kier alpha value is -1.89. The van der Waals surface area contributed by atoms with Crippen LogP contribution in [0.25, 0.3) is 0 Å². The minimum atomic E-state index is -0.0846. The van der Waals surface area contributed by atoms with E-state index in [-0.39, 0.29) is 35.5 Å². The number of hydrogen-bond acceptors (Lipinski definition) is 4. The van der Waals surface area contributed by atoms with Gasteiger partial charge in [0.05, 0.1) is 11.8 Å². The molecule has 2 heterocycles. The first-order valence-electron chi connectivity index (χ1n) is 11.8. The number of aliphatic imine (C=N–C) groups is 1. The number of amides is 2. The molecular weight excluding hydrogens is 378 g/mol. The molecule has 1 saturated carbocycles. The first-order chi connectivity index (χ1) is 14.6. The summed E-state index contributed by atoms with van der Waals surface area (Å²) in [5, 5.41) is 6.79. The van der Waals surface area contributed by atoms with Crippen LogP contribution in [-0.2, 0) is 9.59 Å². The largest absolute Gasteiger partial charge is 0.356 e. The average Bonchev–Trinajstić information content (AvgIpc) is 3.44. The van der Waals surface area contributed by atoms with Gasteiger partial charge in [-0.3, -0.25) is 19.5 Å². The second-order valence-electron chi connectivity index (χ2n) is 9.35. The third kappa shape index (κ3) is 4.27. The zero-order chi connectivity index (χ0) is 21.1. The lowest BCUT2D eigenvalue weighted by molar-refractivity contribution is -0.140. The molecule has 0 aromatic heterocycles. The van der Waals surface area contributed by atoms with Crippen molar-refractivity contribution in [2.45, 2.75) is 39.0 Å². The summed E-state index contributed by atoms with van der Waals surface area (Å²) in [5.41, 5.74) is 0. The van der Waals surface area contributed by atoms with Gasteiger partial charge in [0, 0.05) is 26.7 Å². The molecule has 4 aliphatic rings. The third-order valence-corrected chi connectivity index (χ3v) is 7.44. The number of likely N-dealkylation sites (tertiary alicyclic amines) is 2. The Balaban J connectivity index is 1.14. The molecule has 30 heavy (non-hydrogen) atoms. The molecule has 0 spiro atoms. The quantitative estimate of drug-likeness (QED) is 0.206. The van der Waals surface area contributed by atoms with Crippen molar-refractivity contribution in [3.05, 3.63) is 12.2 Å². The molecular formula is C23H37N5O2. The number of nitrogens with one attached hydrogen (secondary N) is 2. The second-order valence-corrected chi connectivity index (χ2v) is 9.35. The highest BCUT2D eigenvalue weighted by Gasteiger charge is 2.58. The maximum Gasteiger partial charge on any atom is 0.233 e. The highest BCUT2D eigenvalue weighted by atomic mass is 16.2.